The maximum atomic E-state index is 12.4. The van der Waals surface area contributed by atoms with Gasteiger partial charge >= 0.3 is 0 Å². The van der Waals surface area contributed by atoms with E-state index < -0.39 is 5.25 Å². The molecular weight excluding hydrogens is 386 g/mol. The summed E-state index contributed by atoms with van der Waals surface area (Å²) in [6.45, 7) is 0. The normalized spacial score (nSPS) is 17.3. The third-order valence-electron chi connectivity index (χ3n) is 4.46. The number of benzene rings is 3. The van der Waals surface area contributed by atoms with Gasteiger partial charge in [-0.15, -0.1) is 0 Å². The third-order valence-corrected chi connectivity index (χ3v) is 5.55. The molecule has 2 amide bonds. The Labute approximate surface area is 172 Å². The van der Waals surface area contributed by atoms with Gasteiger partial charge in [-0.25, -0.2) is 4.99 Å². The number of rotatable bonds is 5. The van der Waals surface area contributed by atoms with Crippen LogP contribution in [0.2, 0.25) is 0 Å². The molecule has 0 unspecified atom stereocenters. The molecule has 0 aromatic heterocycles. The summed E-state index contributed by atoms with van der Waals surface area (Å²) in [5.41, 5.74) is 1.38. The SMILES string of the molecule is COc1cccc(N=C2NC(=O)[C@@H](CC(=O)Nc3ccc4ccccc4c3)S2)c1. The van der Waals surface area contributed by atoms with Crippen molar-refractivity contribution in [3.63, 3.8) is 0 Å². The molecule has 4 rings (SSSR count). The molecule has 1 aliphatic rings. The minimum Gasteiger partial charge on any atom is -0.497 e. The number of ether oxygens (including phenoxy) is 1. The fraction of sp³-hybridized carbons (Fsp3) is 0.136. The number of carbonyl (C=O) groups excluding carboxylic acids is 2. The summed E-state index contributed by atoms with van der Waals surface area (Å²) in [6.07, 6.45) is 0.0699. The number of hydrogen-bond donors (Lipinski definition) is 2. The lowest BCUT2D eigenvalue weighted by molar-refractivity contribution is -0.122. The summed E-state index contributed by atoms with van der Waals surface area (Å²) in [5.74, 6) is 0.258. The van der Waals surface area contributed by atoms with E-state index in [0.29, 0.717) is 22.3 Å². The fourth-order valence-corrected chi connectivity index (χ4v) is 4.02. The summed E-state index contributed by atoms with van der Waals surface area (Å²) in [6, 6.07) is 20.9. The van der Waals surface area contributed by atoms with Crippen molar-refractivity contribution < 1.29 is 14.3 Å². The topological polar surface area (TPSA) is 79.8 Å². The second-order valence-electron chi connectivity index (χ2n) is 6.53. The largest absolute Gasteiger partial charge is 0.497 e. The monoisotopic (exact) mass is 405 g/mol. The summed E-state index contributed by atoms with van der Waals surface area (Å²) in [5, 5.41) is 7.73. The summed E-state index contributed by atoms with van der Waals surface area (Å²) in [7, 11) is 1.59. The first-order valence-electron chi connectivity index (χ1n) is 9.09. The van der Waals surface area contributed by atoms with E-state index in [-0.39, 0.29) is 18.2 Å². The molecule has 3 aromatic rings. The molecule has 0 aliphatic carbocycles. The number of carbonyl (C=O) groups is 2. The molecule has 3 aromatic carbocycles. The van der Waals surface area contributed by atoms with Crippen LogP contribution >= 0.6 is 11.8 Å². The Bertz CT molecular complexity index is 1110. The number of amidine groups is 1. The van der Waals surface area contributed by atoms with Crippen LogP contribution in [0.5, 0.6) is 5.75 Å². The Morgan fingerprint density at radius 3 is 2.76 bits per heavy atom. The van der Waals surface area contributed by atoms with E-state index in [9.17, 15) is 9.59 Å². The minimum atomic E-state index is -0.514. The maximum Gasteiger partial charge on any atom is 0.240 e. The van der Waals surface area contributed by atoms with E-state index in [1.807, 2.05) is 60.7 Å². The van der Waals surface area contributed by atoms with Crippen LogP contribution in [0.25, 0.3) is 10.8 Å². The maximum absolute atomic E-state index is 12.4. The molecule has 1 atom stereocenters. The molecule has 1 aliphatic heterocycles. The van der Waals surface area contributed by atoms with E-state index in [1.165, 1.54) is 11.8 Å². The Morgan fingerprint density at radius 1 is 1.10 bits per heavy atom. The predicted octanol–water partition coefficient (Wildman–Crippen LogP) is 4.10. The van der Waals surface area contributed by atoms with Gasteiger partial charge in [0.05, 0.1) is 12.8 Å². The molecule has 0 spiro atoms. The standard InChI is InChI=1S/C22H19N3O3S/c1-28-18-8-4-7-16(12-18)24-22-25-21(27)19(29-22)13-20(26)23-17-10-9-14-5-2-3-6-15(14)11-17/h2-12,19H,13H2,1H3,(H,23,26)(H,24,25,27)/t19-/m1/s1. The Kier molecular flexibility index (Phi) is 5.48. The lowest BCUT2D eigenvalue weighted by Crippen LogP contribution is -2.28. The summed E-state index contributed by atoms with van der Waals surface area (Å²) < 4.78 is 5.18. The highest BCUT2D eigenvalue weighted by atomic mass is 32.2. The lowest BCUT2D eigenvalue weighted by Gasteiger charge is -2.08. The van der Waals surface area contributed by atoms with Gasteiger partial charge in [0.15, 0.2) is 5.17 Å². The van der Waals surface area contributed by atoms with E-state index in [0.717, 1.165) is 10.8 Å². The van der Waals surface area contributed by atoms with Gasteiger partial charge in [-0.3, -0.25) is 9.59 Å². The van der Waals surface area contributed by atoms with E-state index in [4.69, 9.17) is 4.74 Å². The van der Waals surface area contributed by atoms with Gasteiger partial charge in [0.25, 0.3) is 0 Å². The number of nitrogens with one attached hydrogen (secondary N) is 2. The number of methoxy groups -OCH3 is 1. The highest BCUT2D eigenvalue weighted by Gasteiger charge is 2.32. The molecule has 1 saturated heterocycles. The van der Waals surface area contributed by atoms with Gasteiger partial charge in [0, 0.05) is 18.2 Å². The number of amides is 2. The van der Waals surface area contributed by atoms with Crippen molar-refractivity contribution in [2.75, 3.05) is 12.4 Å². The van der Waals surface area contributed by atoms with Crippen LogP contribution in [0.4, 0.5) is 11.4 Å². The Balaban J connectivity index is 1.40. The van der Waals surface area contributed by atoms with Crippen molar-refractivity contribution in [3.05, 3.63) is 66.7 Å². The van der Waals surface area contributed by atoms with Gasteiger partial charge in [-0.05, 0) is 35.0 Å². The molecule has 1 heterocycles. The second-order valence-corrected chi connectivity index (χ2v) is 7.72. The molecule has 0 saturated carbocycles. The van der Waals surface area contributed by atoms with Gasteiger partial charge < -0.3 is 15.4 Å². The molecular formula is C22H19N3O3S. The summed E-state index contributed by atoms with van der Waals surface area (Å²) in [4.78, 5) is 29.1. The van der Waals surface area contributed by atoms with Crippen LogP contribution in [0.3, 0.4) is 0 Å². The number of thioether (sulfide) groups is 1. The molecule has 29 heavy (non-hydrogen) atoms. The molecule has 7 heteroatoms. The zero-order chi connectivity index (χ0) is 20.2. The Hall–Kier alpha value is -3.32. The number of fused-ring (bicyclic) bond motifs is 1. The van der Waals surface area contributed by atoms with Crippen LogP contribution < -0.4 is 15.4 Å². The van der Waals surface area contributed by atoms with Gasteiger partial charge in [-0.2, -0.15) is 0 Å². The molecule has 146 valence electrons. The van der Waals surface area contributed by atoms with Crippen LogP contribution in [0.15, 0.2) is 71.7 Å². The number of aliphatic imine (C=N–C) groups is 1. The van der Waals surface area contributed by atoms with Crippen molar-refractivity contribution in [1.29, 1.82) is 0 Å². The van der Waals surface area contributed by atoms with Gasteiger partial charge in [0.1, 0.15) is 11.0 Å². The van der Waals surface area contributed by atoms with Crippen LogP contribution in [0.1, 0.15) is 6.42 Å². The van der Waals surface area contributed by atoms with Crippen molar-refractivity contribution in [1.82, 2.24) is 5.32 Å². The first kappa shape index (κ1) is 19.0. The number of nitrogens with zero attached hydrogens (tertiary/aromatic N) is 1. The predicted molar refractivity (Wildman–Crippen MR) is 117 cm³/mol. The first-order chi connectivity index (χ1) is 14.1. The number of hydrogen-bond acceptors (Lipinski definition) is 5. The van der Waals surface area contributed by atoms with Crippen LogP contribution in [0, 0.1) is 0 Å². The lowest BCUT2D eigenvalue weighted by atomic mass is 10.1. The highest BCUT2D eigenvalue weighted by molar-refractivity contribution is 8.15. The van der Waals surface area contributed by atoms with Gasteiger partial charge in [-0.1, -0.05) is 48.2 Å². The highest BCUT2D eigenvalue weighted by Crippen LogP contribution is 2.27. The average Bonchev–Trinajstić information content (AvgIpc) is 3.06. The molecule has 2 N–H and O–H groups in total. The fourth-order valence-electron chi connectivity index (χ4n) is 3.04. The zero-order valence-corrected chi connectivity index (χ0v) is 16.5. The van der Waals surface area contributed by atoms with Crippen LogP contribution in [-0.4, -0.2) is 29.3 Å². The molecule has 1 fully saturated rings. The number of anilines is 1. The van der Waals surface area contributed by atoms with Crippen molar-refractivity contribution >= 4 is 50.9 Å². The minimum absolute atomic E-state index is 0.0699. The zero-order valence-electron chi connectivity index (χ0n) is 15.7. The van der Waals surface area contributed by atoms with E-state index in [2.05, 4.69) is 15.6 Å². The molecule has 0 radical (unpaired) electrons. The first-order valence-corrected chi connectivity index (χ1v) is 9.97. The molecule has 0 bridgehead atoms. The third kappa shape index (κ3) is 4.57. The Morgan fingerprint density at radius 2 is 1.93 bits per heavy atom. The van der Waals surface area contributed by atoms with Crippen molar-refractivity contribution in [2.45, 2.75) is 11.7 Å². The van der Waals surface area contributed by atoms with E-state index >= 15 is 0 Å². The summed E-state index contributed by atoms with van der Waals surface area (Å²) >= 11 is 1.26. The van der Waals surface area contributed by atoms with Crippen LogP contribution in [-0.2, 0) is 9.59 Å². The average molecular weight is 405 g/mol. The van der Waals surface area contributed by atoms with Crippen molar-refractivity contribution in [3.8, 4) is 5.75 Å². The smallest absolute Gasteiger partial charge is 0.240 e. The van der Waals surface area contributed by atoms with E-state index in [1.54, 1.807) is 13.2 Å². The second kappa shape index (κ2) is 8.36. The van der Waals surface area contributed by atoms with Crippen molar-refractivity contribution in [2.24, 2.45) is 4.99 Å². The quantitative estimate of drug-likeness (QED) is 0.670. The molecule has 6 nitrogen and oxygen atoms in total. The van der Waals surface area contributed by atoms with Gasteiger partial charge in [0.2, 0.25) is 11.8 Å².